The van der Waals surface area contributed by atoms with Gasteiger partial charge < -0.3 is 49.5 Å². The maximum atomic E-state index is 9.26. The van der Waals surface area contributed by atoms with Crippen molar-refractivity contribution in [1.82, 2.24) is 0 Å². The van der Waals surface area contributed by atoms with Crippen LogP contribution in [0.3, 0.4) is 0 Å². The molecule has 0 saturated heterocycles. The molecule has 0 radical (unpaired) electrons. The van der Waals surface area contributed by atoms with E-state index in [1.54, 1.807) is 0 Å². The van der Waals surface area contributed by atoms with Gasteiger partial charge in [-0.3, -0.25) is 0 Å². The molecule has 0 N–H and O–H groups in total. The smallest absolute Gasteiger partial charge is 0.550 e. The summed E-state index contributed by atoms with van der Waals surface area (Å²) in [7, 11) is 0. The van der Waals surface area contributed by atoms with E-state index in [2.05, 4.69) is 0 Å². The molecule has 0 aromatic rings. The van der Waals surface area contributed by atoms with Gasteiger partial charge in [-0.05, 0) is 32.1 Å². The molecule has 0 fully saturated rings. The van der Waals surface area contributed by atoms with Crippen molar-refractivity contribution in [2.45, 2.75) is 66.7 Å². The van der Waals surface area contributed by atoms with Crippen molar-refractivity contribution < 1.29 is 71.9 Å². The first kappa shape index (κ1) is 39.2. The van der Waals surface area contributed by atoms with Crippen molar-refractivity contribution in [3.8, 4) is 0 Å². The van der Waals surface area contributed by atoms with Gasteiger partial charge in [0.25, 0.3) is 0 Å². The summed E-state index contributed by atoms with van der Waals surface area (Å²) in [4.78, 5) is 46.3. The molecule has 0 aromatic carbocycles. The first-order valence-corrected chi connectivity index (χ1v) is 7.34. The van der Waals surface area contributed by atoms with E-state index in [-0.39, 0.29) is 54.5 Å². The Morgan fingerprint density at radius 2 is 0.462 bits per heavy atom. The molecular weight excluding hydrogens is 521 g/mol. The standard InChI is InChI=1S/5C3H6O2.Ta/c5*1-2-3(4)5;/h5*2H2,1H3,(H,4,5);/q;;;;;+5/p-5. The average Bonchev–Trinajstić information content (AvgIpc) is 2.56. The first-order valence-electron chi connectivity index (χ1n) is 7.34. The normalized spacial score (nSPS) is 7.12. The second kappa shape index (κ2) is 34.4. The van der Waals surface area contributed by atoms with E-state index in [1.165, 1.54) is 34.6 Å². The molecule has 11 heteroatoms. The third kappa shape index (κ3) is 150. The monoisotopic (exact) mass is 546 g/mol. The number of aliphatic carboxylic acids is 5. The van der Waals surface area contributed by atoms with E-state index in [4.69, 9.17) is 0 Å². The number of carbonyl (C=O) groups excluding carboxylic acids is 5. The number of carbonyl (C=O) groups is 5. The van der Waals surface area contributed by atoms with E-state index in [9.17, 15) is 49.5 Å². The van der Waals surface area contributed by atoms with E-state index in [1.807, 2.05) is 0 Å². The average molecular weight is 546 g/mol. The summed E-state index contributed by atoms with van der Waals surface area (Å²) in [5, 5.41) is 46.3. The predicted octanol–water partition coefficient (Wildman–Crippen LogP) is -4.27. The van der Waals surface area contributed by atoms with Crippen LogP contribution in [0.2, 0.25) is 0 Å². The minimum atomic E-state index is -0.995. The van der Waals surface area contributed by atoms with Crippen LogP contribution in [0, 0.1) is 0 Å². The molecule has 0 heterocycles. The van der Waals surface area contributed by atoms with Crippen LogP contribution in [-0.2, 0) is 46.4 Å². The van der Waals surface area contributed by atoms with Gasteiger partial charge in [0.15, 0.2) is 0 Å². The van der Waals surface area contributed by atoms with Crippen LogP contribution in [0.5, 0.6) is 0 Å². The Kier molecular flexibility index (Phi) is 52.0. The Balaban J connectivity index is -0.0000000476. The largest absolute Gasteiger partial charge is 5.00 e. The first-order chi connectivity index (χ1) is 11.4. The van der Waals surface area contributed by atoms with Crippen LogP contribution in [0.15, 0.2) is 0 Å². The molecule has 26 heavy (non-hydrogen) atoms. The van der Waals surface area contributed by atoms with Crippen LogP contribution < -0.4 is 25.5 Å². The molecule has 0 spiro atoms. The van der Waals surface area contributed by atoms with Gasteiger partial charge in [0, 0.05) is 29.8 Å². The summed E-state index contributed by atoms with van der Waals surface area (Å²) in [5.74, 6) is -4.98. The van der Waals surface area contributed by atoms with Crippen molar-refractivity contribution in [2.24, 2.45) is 0 Å². The van der Waals surface area contributed by atoms with E-state index >= 15 is 0 Å². The molecule has 0 aliphatic carbocycles. The Bertz CT molecular complexity index is 288. The van der Waals surface area contributed by atoms with E-state index < -0.39 is 29.8 Å². The fourth-order valence-electron chi connectivity index (χ4n) is 0. The SMILES string of the molecule is CCC(=O)[O-].CCC(=O)[O-].CCC(=O)[O-].CCC(=O)[O-].CCC(=O)[O-].[Ta+5]. The minimum Gasteiger partial charge on any atom is -0.550 e. The van der Waals surface area contributed by atoms with Gasteiger partial charge in [-0.1, -0.05) is 34.6 Å². The fraction of sp³-hybridized carbons (Fsp3) is 0.667. The van der Waals surface area contributed by atoms with Crippen LogP contribution in [0.4, 0.5) is 0 Å². The van der Waals surface area contributed by atoms with Gasteiger partial charge in [-0.15, -0.1) is 0 Å². The van der Waals surface area contributed by atoms with Crippen molar-refractivity contribution >= 4 is 29.8 Å². The molecule has 150 valence electrons. The quantitative estimate of drug-likeness (QED) is 0.325. The molecule has 0 bridgehead atoms. The van der Waals surface area contributed by atoms with E-state index in [0.717, 1.165) is 0 Å². The molecule has 0 aliphatic rings. The molecule has 10 nitrogen and oxygen atoms in total. The summed E-state index contributed by atoms with van der Waals surface area (Å²) in [6.45, 7) is 7.69. The van der Waals surface area contributed by atoms with Crippen LogP contribution in [0.1, 0.15) is 66.7 Å². The molecule has 0 atom stereocenters. The Morgan fingerprint density at radius 1 is 0.423 bits per heavy atom. The van der Waals surface area contributed by atoms with Crippen molar-refractivity contribution in [3.05, 3.63) is 0 Å². The number of rotatable bonds is 5. The summed E-state index contributed by atoms with van der Waals surface area (Å²) in [6, 6.07) is 0. The maximum Gasteiger partial charge on any atom is 5.00 e. The number of carboxylic acid groups (broad SMARTS) is 5. The second-order valence-electron chi connectivity index (χ2n) is 3.63. The van der Waals surface area contributed by atoms with Gasteiger partial charge in [0.1, 0.15) is 0 Å². The number of carboxylic acids is 5. The minimum absolute atomic E-state index is 0. The molecule has 0 amide bonds. The molecular formula is C15H25O10Ta. The van der Waals surface area contributed by atoms with Gasteiger partial charge in [0.2, 0.25) is 0 Å². The zero-order valence-corrected chi connectivity index (χ0v) is 18.8. The van der Waals surface area contributed by atoms with Gasteiger partial charge in [0.05, 0.1) is 0 Å². The van der Waals surface area contributed by atoms with E-state index in [0.29, 0.717) is 0 Å². The Labute approximate surface area is 168 Å². The Hall–Kier alpha value is -1.91. The third-order valence-corrected chi connectivity index (χ3v) is 1.44. The van der Waals surface area contributed by atoms with Crippen LogP contribution in [-0.4, -0.2) is 29.8 Å². The van der Waals surface area contributed by atoms with Crippen LogP contribution >= 0.6 is 0 Å². The number of hydrogen-bond donors (Lipinski definition) is 0. The summed E-state index contributed by atoms with van der Waals surface area (Å²) < 4.78 is 0. The van der Waals surface area contributed by atoms with Gasteiger partial charge in [-0.2, -0.15) is 0 Å². The zero-order valence-electron chi connectivity index (χ0n) is 15.6. The summed E-state index contributed by atoms with van der Waals surface area (Å²) >= 11 is 0. The summed E-state index contributed by atoms with van der Waals surface area (Å²) in [5.41, 5.74) is 0. The van der Waals surface area contributed by atoms with Gasteiger partial charge >= 0.3 is 22.4 Å². The van der Waals surface area contributed by atoms with Crippen LogP contribution in [0.25, 0.3) is 0 Å². The molecule has 0 rings (SSSR count). The van der Waals surface area contributed by atoms with Crippen molar-refractivity contribution in [1.29, 1.82) is 0 Å². The molecule has 0 unspecified atom stereocenters. The molecule has 0 aliphatic heterocycles. The number of hydrogen-bond acceptors (Lipinski definition) is 10. The second-order valence-corrected chi connectivity index (χ2v) is 3.63. The topological polar surface area (TPSA) is 201 Å². The van der Waals surface area contributed by atoms with Gasteiger partial charge in [-0.25, -0.2) is 0 Å². The molecule has 0 saturated carbocycles. The summed E-state index contributed by atoms with van der Waals surface area (Å²) in [6.07, 6.45) is 0.556. The predicted molar refractivity (Wildman–Crippen MR) is 76.5 cm³/mol. The van der Waals surface area contributed by atoms with Crippen molar-refractivity contribution in [3.63, 3.8) is 0 Å². The molecule has 0 aromatic heterocycles. The van der Waals surface area contributed by atoms with Crippen molar-refractivity contribution in [2.75, 3.05) is 0 Å². The maximum absolute atomic E-state index is 9.26. The Morgan fingerprint density at radius 3 is 0.462 bits per heavy atom. The zero-order chi connectivity index (χ0) is 21.4. The third-order valence-electron chi connectivity index (χ3n) is 1.44. The fourth-order valence-corrected chi connectivity index (χ4v) is 0.